The Hall–Kier alpha value is -8.24. The zero-order valence-corrected chi connectivity index (χ0v) is 44.1. The molecular weight excluding hydrogens is 1000 g/mol. The molecule has 416 valence electrons. The monoisotopic (exact) mass is 1070 g/mol. The van der Waals surface area contributed by atoms with Gasteiger partial charge in [0.2, 0.25) is 47.3 Å². The maximum absolute atomic E-state index is 15.0. The second kappa shape index (κ2) is 27.2. The molecule has 4 aliphatic heterocycles. The first-order chi connectivity index (χ1) is 37.4. The van der Waals surface area contributed by atoms with Crippen molar-refractivity contribution < 1.29 is 47.9 Å². The molecule has 1 aromatic heterocycles. The number of carbonyl (C=O) groups excluding carboxylic acids is 10. The van der Waals surface area contributed by atoms with E-state index in [2.05, 4.69) is 46.9 Å². The second-order valence-corrected chi connectivity index (χ2v) is 20.3. The highest BCUT2D eigenvalue weighted by molar-refractivity contribution is 5.99. The quantitative estimate of drug-likeness (QED) is 0.0602. The number of aliphatic imine (C=N–C) groups is 2. The molecule has 0 unspecified atom stereocenters. The maximum Gasteiger partial charge on any atom is 0.245 e. The summed E-state index contributed by atoms with van der Waals surface area (Å²) in [6.45, 7) is 3.16. The van der Waals surface area contributed by atoms with E-state index in [1.807, 2.05) is 24.3 Å². The lowest BCUT2D eigenvalue weighted by molar-refractivity contribution is -0.147. The number of Topliss-reactive ketones (excluding diaryl/α,β-unsaturated/α-hetero) is 2. The molecule has 0 bridgehead atoms. The molecule has 23 nitrogen and oxygen atoms in total. The molecule has 11 N–H and O–H groups in total. The highest BCUT2D eigenvalue weighted by Crippen LogP contribution is 2.27. The van der Waals surface area contributed by atoms with Crippen molar-refractivity contribution in [3.63, 3.8) is 0 Å². The number of fused-ring (bicyclic) bond motifs is 1. The molecule has 2 aromatic carbocycles. The summed E-state index contributed by atoms with van der Waals surface area (Å²) in [5, 5.41) is 17.3. The number of ketones is 2. The van der Waals surface area contributed by atoms with Gasteiger partial charge in [0.25, 0.3) is 0 Å². The van der Waals surface area contributed by atoms with Crippen molar-refractivity contribution in [2.24, 2.45) is 21.5 Å². The molecule has 0 aliphatic carbocycles. The van der Waals surface area contributed by atoms with Crippen molar-refractivity contribution in [1.82, 2.24) is 46.7 Å². The Morgan fingerprint density at radius 2 is 1.28 bits per heavy atom. The Morgan fingerprint density at radius 1 is 0.679 bits per heavy atom. The second-order valence-electron chi connectivity index (χ2n) is 20.3. The number of para-hydroxylation sites is 1. The van der Waals surface area contributed by atoms with Crippen LogP contribution in [0.25, 0.3) is 10.9 Å². The van der Waals surface area contributed by atoms with Crippen LogP contribution in [0.15, 0.2) is 82.6 Å². The minimum atomic E-state index is -1.43. The predicted molar refractivity (Wildman–Crippen MR) is 289 cm³/mol. The summed E-state index contributed by atoms with van der Waals surface area (Å²) in [7, 11) is 0. The number of hydrogen-bond acceptors (Lipinski definition) is 12. The average Bonchev–Trinajstić information content (AvgIpc) is 4.29. The summed E-state index contributed by atoms with van der Waals surface area (Å²) in [6, 6.07) is 6.27. The van der Waals surface area contributed by atoms with Gasteiger partial charge >= 0.3 is 0 Å². The number of likely N-dealkylation sites (tertiary alicyclic amines) is 2. The normalized spacial score (nSPS) is 25.0. The average molecular weight is 1070 g/mol. The molecule has 8 amide bonds. The summed E-state index contributed by atoms with van der Waals surface area (Å²) in [5.41, 5.74) is 13.7. The number of nitrogens with zero attached hydrogens (tertiary/aromatic N) is 4. The lowest BCUT2D eigenvalue weighted by Crippen LogP contribution is -2.60. The van der Waals surface area contributed by atoms with Crippen LogP contribution in [0, 0.1) is 0 Å². The van der Waals surface area contributed by atoms with E-state index < -0.39 is 95.5 Å². The van der Waals surface area contributed by atoms with E-state index in [0.29, 0.717) is 55.5 Å². The third-order valence-corrected chi connectivity index (χ3v) is 14.5. The van der Waals surface area contributed by atoms with E-state index in [0.717, 1.165) is 10.9 Å². The van der Waals surface area contributed by atoms with Crippen LogP contribution < -0.4 is 43.4 Å². The van der Waals surface area contributed by atoms with E-state index in [4.69, 9.17) is 11.5 Å². The highest BCUT2D eigenvalue weighted by atomic mass is 16.2. The lowest BCUT2D eigenvalue weighted by atomic mass is 9.99. The van der Waals surface area contributed by atoms with Gasteiger partial charge in [0.1, 0.15) is 48.1 Å². The topological polar surface area (TPSA) is 342 Å². The van der Waals surface area contributed by atoms with E-state index in [9.17, 15) is 43.2 Å². The fourth-order valence-corrected chi connectivity index (χ4v) is 10.5. The molecule has 8 atom stereocenters. The zero-order chi connectivity index (χ0) is 55.9. The maximum atomic E-state index is 15.0. The van der Waals surface area contributed by atoms with E-state index in [1.165, 1.54) is 23.6 Å². The number of aromatic amines is 1. The van der Waals surface area contributed by atoms with Gasteiger partial charge in [-0.05, 0) is 75.5 Å². The van der Waals surface area contributed by atoms with E-state index in [1.54, 1.807) is 48.8 Å². The summed E-state index contributed by atoms with van der Waals surface area (Å²) in [5.74, 6) is -6.45. The highest BCUT2D eigenvalue weighted by Gasteiger charge is 2.44. The molecule has 7 rings (SSSR count). The first-order valence-electron chi connectivity index (χ1n) is 26.7. The van der Waals surface area contributed by atoms with Gasteiger partial charge in [0.05, 0.1) is 6.04 Å². The molecule has 3 aromatic rings. The third kappa shape index (κ3) is 15.5. The van der Waals surface area contributed by atoms with E-state index in [-0.39, 0.29) is 88.5 Å². The fraction of sp³-hybridized carbons (Fsp3) is 0.491. The molecular formula is C55H71N13O10. The molecule has 23 heteroatoms. The smallest absolute Gasteiger partial charge is 0.245 e. The number of aromatic nitrogens is 1. The van der Waals surface area contributed by atoms with Gasteiger partial charge in [-0.25, -0.2) is 0 Å². The number of nitrogens with two attached hydrogens (primary N) is 2. The minimum absolute atomic E-state index is 0.0558. The Kier molecular flexibility index (Phi) is 20.0. The van der Waals surface area contributed by atoms with Gasteiger partial charge in [-0.1, -0.05) is 54.6 Å². The molecule has 4 aliphatic rings. The number of guanidine groups is 1. The van der Waals surface area contributed by atoms with Gasteiger partial charge in [0.15, 0.2) is 11.7 Å². The van der Waals surface area contributed by atoms with Gasteiger partial charge in [-0.15, -0.1) is 0 Å². The Bertz CT molecular complexity index is 2830. The number of amides is 8. The number of benzene rings is 2. The van der Waals surface area contributed by atoms with Crippen molar-refractivity contribution >= 4 is 81.9 Å². The third-order valence-electron chi connectivity index (χ3n) is 14.5. The van der Waals surface area contributed by atoms with Crippen LogP contribution >= 0.6 is 0 Å². The van der Waals surface area contributed by atoms with Crippen molar-refractivity contribution in [3.8, 4) is 0 Å². The first-order valence-corrected chi connectivity index (χ1v) is 26.7. The van der Waals surface area contributed by atoms with Gasteiger partial charge in [0, 0.05) is 94.1 Å². The van der Waals surface area contributed by atoms with Crippen LogP contribution in [0.3, 0.4) is 0 Å². The lowest BCUT2D eigenvalue weighted by Gasteiger charge is -2.33. The van der Waals surface area contributed by atoms with Gasteiger partial charge in [-0.2, -0.15) is 0 Å². The number of rotatable bonds is 14. The number of H-pyrrole nitrogens is 1. The number of carbonyl (C=O) groups is 10. The summed E-state index contributed by atoms with van der Waals surface area (Å²) >= 11 is 0. The Balaban J connectivity index is 1.28. The number of nitrogens with one attached hydrogen (secondary N) is 7. The first kappa shape index (κ1) is 57.5. The van der Waals surface area contributed by atoms with Crippen LogP contribution in [-0.4, -0.2) is 154 Å². The minimum Gasteiger partial charge on any atom is -0.370 e. The van der Waals surface area contributed by atoms with Crippen LogP contribution in [0.5, 0.6) is 0 Å². The van der Waals surface area contributed by atoms with Crippen LogP contribution in [0.2, 0.25) is 0 Å². The molecule has 3 fully saturated rings. The summed E-state index contributed by atoms with van der Waals surface area (Å²) in [4.78, 5) is 156. The van der Waals surface area contributed by atoms with Gasteiger partial charge in [-0.3, -0.25) is 57.9 Å². The molecule has 0 saturated carbocycles. The van der Waals surface area contributed by atoms with Crippen molar-refractivity contribution in [2.75, 3.05) is 19.6 Å². The van der Waals surface area contributed by atoms with Crippen LogP contribution in [0.4, 0.5) is 0 Å². The summed E-state index contributed by atoms with van der Waals surface area (Å²) in [6.07, 6.45) is 6.15. The van der Waals surface area contributed by atoms with Crippen LogP contribution in [-0.2, 0) is 60.8 Å². The molecule has 3 saturated heterocycles. The predicted octanol–water partition coefficient (Wildman–Crippen LogP) is 0.398. The summed E-state index contributed by atoms with van der Waals surface area (Å²) < 4.78 is 0. The van der Waals surface area contributed by atoms with Crippen molar-refractivity contribution in [3.05, 3.63) is 83.7 Å². The van der Waals surface area contributed by atoms with Crippen molar-refractivity contribution in [2.45, 2.75) is 152 Å². The van der Waals surface area contributed by atoms with Crippen LogP contribution in [0.1, 0.15) is 102 Å². The molecule has 0 radical (unpaired) electrons. The Labute approximate surface area is 452 Å². The Morgan fingerprint density at radius 3 is 1.96 bits per heavy atom. The largest absolute Gasteiger partial charge is 0.370 e. The SMILES string of the molecule is CC(=O)N[C@H]1CCC(=O)CC[C@@H](C(=O)N2CCC[C@H]2C(=O)N2CCC[C@H]2C(C)=O)NC(=O)[C@H](Cc2c[nH]c3ccccc23)NC(=O)[C@H](CCCN=C(N)N)NC(=O)[C@@H](Cc2ccccc2)NC(=O)[C@H](CC2=CCC=N2)NC1=O. The molecule has 78 heavy (non-hydrogen) atoms. The van der Waals surface area contributed by atoms with Crippen molar-refractivity contribution in [1.29, 1.82) is 0 Å². The zero-order valence-electron chi connectivity index (χ0n) is 44.1. The fourth-order valence-electron chi connectivity index (χ4n) is 10.5. The standard InChI is InChI=1S/C55H71N13O10/c1-32(69)46-18-10-26-67(46)54(78)47-19-11-27-68(47)53(77)42-23-21-37(71)20-22-41(61-33(2)70)49(73)66-45(30-36-14-8-24-58-36)52(76)64-43(28-34-12-4-3-5-13-34)50(74)62-40(17-9-25-59-55(56)57)48(72)65-44(51(75)63-42)29-35-31-60-39-16-7-6-15-38(35)39/h3-7,12-16,24,31,40-47,60H,8-11,17-23,25-30H2,1-2H3,(H,61,70)(H,62,74)(H,63,75)(H,64,76)(H,65,72)(H,66,73)(H4,56,57,59)/t40-,41-,42-,43+,44-,45-,46-,47-/m0/s1. The molecule has 0 spiro atoms. The van der Waals surface area contributed by atoms with E-state index >= 15 is 4.79 Å². The van der Waals surface area contributed by atoms with Gasteiger partial charge < -0.3 is 58.2 Å². The number of hydrogen-bond donors (Lipinski definition) is 9. The number of allylic oxidation sites excluding steroid dienone is 1. The molecule has 5 heterocycles.